The Balaban J connectivity index is 2.00. The summed E-state index contributed by atoms with van der Waals surface area (Å²) in [6, 6.07) is 14.5. The van der Waals surface area contributed by atoms with Crippen LogP contribution in [-0.2, 0) is 16.2 Å². The van der Waals surface area contributed by atoms with E-state index in [0.29, 0.717) is 23.5 Å². The van der Waals surface area contributed by atoms with Gasteiger partial charge in [-0.05, 0) is 48.4 Å². The van der Waals surface area contributed by atoms with Gasteiger partial charge >= 0.3 is 5.97 Å². The van der Waals surface area contributed by atoms with Gasteiger partial charge < -0.3 is 20.5 Å². The van der Waals surface area contributed by atoms with Gasteiger partial charge in [0.05, 0.1) is 0 Å². The number of ether oxygens (including phenoxy) is 1. The molecule has 2 rings (SSSR count). The van der Waals surface area contributed by atoms with Crippen LogP contribution in [0.1, 0.15) is 23.6 Å². The summed E-state index contributed by atoms with van der Waals surface area (Å²) in [6.45, 7) is 5.38. The highest BCUT2D eigenvalue weighted by atomic mass is 16.5. The van der Waals surface area contributed by atoms with Crippen LogP contribution in [0.3, 0.4) is 0 Å². The van der Waals surface area contributed by atoms with E-state index in [1.165, 1.54) is 11.0 Å². The quantitative estimate of drug-likeness (QED) is 0.242. The summed E-state index contributed by atoms with van der Waals surface area (Å²) in [6.07, 6.45) is 3.21. The molecule has 0 saturated carbocycles. The maximum Gasteiger partial charge on any atom is 0.323 e. The average molecular weight is 407 g/mol. The topological polar surface area (TPSA) is 117 Å². The molecule has 1 amide bonds. The number of carboxylic acid groups (broad SMARTS) is 1. The molecule has 0 unspecified atom stereocenters. The standard InChI is InChI=1S/C23H25N3O4/c1-3-12-26(14-21(27)28)23(29)16(2)13-17-4-6-18(7-5-17)15-30-20-10-8-19(9-11-20)22(24)25/h3-11,13H,1,12,14-15H2,2H3,(H3,24,25)(H,27,28)/b16-13+. The van der Waals surface area contributed by atoms with E-state index >= 15 is 0 Å². The van der Waals surface area contributed by atoms with Crippen LogP contribution in [0.2, 0.25) is 0 Å². The minimum absolute atomic E-state index is 0.00883. The third kappa shape index (κ3) is 6.63. The zero-order chi connectivity index (χ0) is 22.1. The van der Waals surface area contributed by atoms with Crippen molar-refractivity contribution in [1.82, 2.24) is 4.90 Å². The highest BCUT2D eigenvalue weighted by Crippen LogP contribution is 2.16. The van der Waals surface area contributed by atoms with E-state index in [-0.39, 0.29) is 24.8 Å². The van der Waals surface area contributed by atoms with Crippen molar-refractivity contribution in [2.75, 3.05) is 13.1 Å². The molecule has 0 bridgehead atoms. The summed E-state index contributed by atoms with van der Waals surface area (Å²) in [7, 11) is 0. The van der Waals surface area contributed by atoms with Gasteiger partial charge in [0.25, 0.3) is 0 Å². The summed E-state index contributed by atoms with van der Waals surface area (Å²) in [5.74, 6) is -0.738. The van der Waals surface area contributed by atoms with E-state index in [2.05, 4.69) is 6.58 Å². The second-order valence-electron chi connectivity index (χ2n) is 6.66. The van der Waals surface area contributed by atoms with Gasteiger partial charge in [0.1, 0.15) is 24.7 Å². The molecule has 0 saturated heterocycles. The fourth-order valence-corrected chi connectivity index (χ4v) is 2.71. The fraction of sp³-hybridized carbons (Fsp3) is 0.174. The van der Waals surface area contributed by atoms with Gasteiger partial charge in [-0.15, -0.1) is 6.58 Å². The third-order valence-electron chi connectivity index (χ3n) is 4.23. The largest absolute Gasteiger partial charge is 0.489 e. The van der Waals surface area contributed by atoms with E-state index in [1.807, 2.05) is 24.3 Å². The van der Waals surface area contributed by atoms with Gasteiger partial charge in [-0.2, -0.15) is 0 Å². The number of amides is 1. The Labute approximate surface area is 175 Å². The molecule has 0 fully saturated rings. The van der Waals surface area contributed by atoms with Crippen molar-refractivity contribution < 1.29 is 19.4 Å². The molecule has 7 nitrogen and oxygen atoms in total. The molecule has 7 heteroatoms. The molecule has 156 valence electrons. The molecule has 0 aliphatic rings. The molecule has 0 aliphatic heterocycles. The average Bonchev–Trinajstić information content (AvgIpc) is 2.72. The maximum atomic E-state index is 12.5. The molecule has 0 atom stereocenters. The summed E-state index contributed by atoms with van der Waals surface area (Å²) in [5, 5.41) is 16.3. The Morgan fingerprint density at radius 1 is 1.17 bits per heavy atom. The number of carbonyl (C=O) groups is 2. The van der Waals surface area contributed by atoms with Crippen LogP contribution in [0.15, 0.2) is 66.8 Å². The molecular weight excluding hydrogens is 382 g/mol. The minimum Gasteiger partial charge on any atom is -0.489 e. The number of nitrogen functional groups attached to an aromatic ring is 1. The van der Waals surface area contributed by atoms with Crippen molar-refractivity contribution >= 4 is 23.8 Å². The minimum atomic E-state index is -1.07. The Morgan fingerprint density at radius 2 is 1.80 bits per heavy atom. The smallest absolute Gasteiger partial charge is 0.323 e. The van der Waals surface area contributed by atoms with Crippen molar-refractivity contribution in [2.45, 2.75) is 13.5 Å². The number of aliphatic carboxylic acids is 1. The number of carboxylic acids is 1. The highest BCUT2D eigenvalue weighted by molar-refractivity contribution is 5.98. The summed E-state index contributed by atoms with van der Waals surface area (Å²) in [4.78, 5) is 24.6. The van der Waals surface area contributed by atoms with E-state index < -0.39 is 5.97 Å². The predicted molar refractivity (Wildman–Crippen MR) is 116 cm³/mol. The van der Waals surface area contributed by atoms with Crippen LogP contribution in [0.4, 0.5) is 0 Å². The van der Waals surface area contributed by atoms with E-state index in [4.69, 9.17) is 21.0 Å². The number of rotatable bonds is 10. The monoisotopic (exact) mass is 407 g/mol. The fourth-order valence-electron chi connectivity index (χ4n) is 2.71. The summed E-state index contributed by atoms with van der Waals surface area (Å²) < 4.78 is 5.73. The Hall–Kier alpha value is -3.87. The van der Waals surface area contributed by atoms with Crippen molar-refractivity contribution in [1.29, 1.82) is 5.41 Å². The predicted octanol–water partition coefficient (Wildman–Crippen LogP) is 3.05. The second kappa shape index (κ2) is 10.6. The lowest BCUT2D eigenvalue weighted by atomic mass is 10.1. The van der Waals surface area contributed by atoms with E-state index in [1.54, 1.807) is 37.3 Å². The second-order valence-corrected chi connectivity index (χ2v) is 6.66. The first kappa shape index (κ1) is 22.4. The SMILES string of the molecule is C=CCN(CC(=O)O)C(=O)/C(C)=C/c1ccc(COc2ccc(C(=N)N)cc2)cc1. The summed E-state index contributed by atoms with van der Waals surface area (Å²) in [5.41, 5.74) is 8.28. The number of nitrogens with zero attached hydrogens (tertiary/aromatic N) is 1. The van der Waals surface area contributed by atoms with Gasteiger partial charge in [-0.1, -0.05) is 30.3 Å². The lowest BCUT2D eigenvalue weighted by Gasteiger charge is -2.19. The first-order valence-corrected chi connectivity index (χ1v) is 9.26. The number of hydrogen-bond donors (Lipinski definition) is 3. The summed E-state index contributed by atoms with van der Waals surface area (Å²) >= 11 is 0. The normalized spacial score (nSPS) is 10.9. The lowest BCUT2D eigenvalue weighted by molar-refractivity contribution is -0.142. The van der Waals surface area contributed by atoms with Crippen molar-refractivity contribution in [3.8, 4) is 5.75 Å². The Morgan fingerprint density at radius 3 is 2.33 bits per heavy atom. The molecule has 2 aromatic carbocycles. The number of nitrogens with two attached hydrogens (primary N) is 1. The molecule has 4 N–H and O–H groups in total. The van der Waals surface area contributed by atoms with Crippen LogP contribution in [0.5, 0.6) is 5.75 Å². The molecule has 0 radical (unpaired) electrons. The van der Waals surface area contributed by atoms with Crippen molar-refractivity contribution in [3.05, 3.63) is 83.4 Å². The number of carbonyl (C=O) groups excluding carboxylic acids is 1. The first-order valence-electron chi connectivity index (χ1n) is 9.26. The number of nitrogens with one attached hydrogen (secondary N) is 1. The third-order valence-corrected chi connectivity index (χ3v) is 4.23. The highest BCUT2D eigenvalue weighted by Gasteiger charge is 2.16. The Bertz CT molecular complexity index is 947. The van der Waals surface area contributed by atoms with Gasteiger partial charge in [-0.25, -0.2) is 0 Å². The molecular formula is C23H25N3O4. The van der Waals surface area contributed by atoms with E-state index in [9.17, 15) is 9.59 Å². The van der Waals surface area contributed by atoms with Crippen LogP contribution in [0.25, 0.3) is 6.08 Å². The number of benzene rings is 2. The van der Waals surface area contributed by atoms with Gasteiger partial charge in [0.15, 0.2) is 0 Å². The number of hydrogen-bond acceptors (Lipinski definition) is 4. The molecule has 0 aliphatic carbocycles. The van der Waals surface area contributed by atoms with Gasteiger partial charge in [-0.3, -0.25) is 15.0 Å². The zero-order valence-corrected chi connectivity index (χ0v) is 16.8. The lowest BCUT2D eigenvalue weighted by Crippen LogP contribution is -2.36. The zero-order valence-electron chi connectivity index (χ0n) is 16.8. The Kier molecular flexibility index (Phi) is 7.93. The van der Waals surface area contributed by atoms with Crippen LogP contribution in [-0.4, -0.2) is 40.8 Å². The molecule has 0 aromatic heterocycles. The number of amidine groups is 1. The van der Waals surface area contributed by atoms with Crippen molar-refractivity contribution in [2.24, 2.45) is 5.73 Å². The first-order chi connectivity index (χ1) is 14.3. The van der Waals surface area contributed by atoms with Crippen LogP contribution < -0.4 is 10.5 Å². The van der Waals surface area contributed by atoms with Gasteiger partial charge in [0.2, 0.25) is 5.91 Å². The molecule has 30 heavy (non-hydrogen) atoms. The molecule has 0 heterocycles. The molecule has 2 aromatic rings. The van der Waals surface area contributed by atoms with Crippen molar-refractivity contribution in [3.63, 3.8) is 0 Å². The van der Waals surface area contributed by atoms with Crippen LogP contribution >= 0.6 is 0 Å². The van der Waals surface area contributed by atoms with Gasteiger partial charge in [0, 0.05) is 17.7 Å². The van der Waals surface area contributed by atoms with E-state index in [0.717, 1.165) is 11.1 Å². The molecule has 0 spiro atoms. The van der Waals surface area contributed by atoms with Crippen LogP contribution in [0, 0.1) is 5.41 Å². The maximum absolute atomic E-state index is 12.5.